The fourth-order valence-electron chi connectivity index (χ4n) is 5.09. The van der Waals surface area contributed by atoms with Crippen LogP contribution in [0.25, 0.3) is 0 Å². The highest BCUT2D eigenvalue weighted by atomic mass is 16.2. The van der Waals surface area contributed by atoms with Gasteiger partial charge in [0.1, 0.15) is 5.54 Å². The molecule has 1 atom stereocenters. The summed E-state index contributed by atoms with van der Waals surface area (Å²) in [5, 5.41) is 3.59. The average molecular weight is 463 g/mol. The van der Waals surface area contributed by atoms with Gasteiger partial charge in [0.25, 0.3) is 11.8 Å². The van der Waals surface area contributed by atoms with Gasteiger partial charge in [-0.2, -0.15) is 5.01 Å². The highest BCUT2D eigenvalue weighted by Gasteiger charge is 2.48. The minimum atomic E-state index is -1.04. The number of benzene rings is 2. The number of amides is 4. The van der Waals surface area contributed by atoms with Gasteiger partial charge in [0, 0.05) is 6.04 Å². The molecule has 2 N–H and O–H groups in total. The van der Waals surface area contributed by atoms with Crippen molar-refractivity contribution in [2.24, 2.45) is 0 Å². The summed E-state index contributed by atoms with van der Waals surface area (Å²) in [7, 11) is 1.93. The number of nitrogens with one attached hydrogen (secondary N) is 2. The fraction of sp³-hybridized carbons (Fsp3) is 0.444. The summed E-state index contributed by atoms with van der Waals surface area (Å²) in [6.07, 6.45) is 5.33. The number of nitrogens with zero attached hydrogens (tertiary/aromatic N) is 2. The van der Waals surface area contributed by atoms with Crippen LogP contribution >= 0.6 is 0 Å². The zero-order valence-electron chi connectivity index (χ0n) is 20.0. The lowest BCUT2D eigenvalue weighted by atomic mass is 9.81. The van der Waals surface area contributed by atoms with Crippen molar-refractivity contribution in [2.75, 3.05) is 13.6 Å². The first-order chi connectivity index (χ1) is 16.4. The topological polar surface area (TPSA) is 81.8 Å². The second-order valence-electron chi connectivity index (χ2n) is 9.75. The summed E-state index contributed by atoms with van der Waals surface area (Å²) in [6.45, 7) is 1.85. The van der Waals surface area contributed by atoms with E-state index >= 15 is 0 Å². The van der Waals surface area contributed by atoms with Crippen LogP contribution in [-0.4, -0.2) is 52.9 Å². The van der Waals surface area contributed by atoms with Gasteiger partial charge in [-0.3, -0.25) is 19.9 Å². The molecular weight excluding hydrogens is 428 g/mol. The van der Waals surface area contributed by atoms with E-state index in [0.717, 1.165) is 36.3 Å². The van der Waals surface area contributed by atoms with E-state index in [2.05, 4.69) is 35.0 Å². The second kappa shape index (κ2) is 10.4. The van der Waals surface area contributed by atoms with Crippen molar-refractivity contribution < 1.29 is 14.4 Å². The minimum absolute atomic E-state index is 0.137. The quantitative estimate of drug-likeness (QED) is 0.587. The number of aryl methyl sites for hydroxylation is 1. The number of hydrogen-bond donors (Lipinski definition) is 2. The Morgan fingerprint density at radius 1 is 1.03 bits per heavy atom. The third-order valence-electron chi connectivity index (χ3n) is 7.24. The van der Waals surface area contributed by atoms with E-state index in [1.807, 2.05) is 48.3 Å². The first-order valence-corrected chi connectivity index (χ1v) is 12.1. The average Bonchev–Trinajstić information content (AvgIpc) is 3.07. The Hall–Kier alpha value is -3.19. The van der Waals surface area contributed by atoms with E-state index in [-0.39, 0.29) is 12.5 Å². The normalized spacial score (nSPS) is 24.9. The maximum absolute atomic E-state index is 13.0. The van der Waals surface area contributed by atoms with Crippen LogP contribution in [0.2, 0.25) is 0 Å². The Kier molecular flexibility index (Phi) is 7.32. The molecule has 2 fully saturated rings. The summed E-state index contributed by atoms with van der Waals surface area (Å²) < 4.78 is 0. The van der Waals surface area contributed by atoms with Crippen molar-refractivity contribution in [1.82, 2.24) is 20.7 Å². The van der Waals surface area contributed by atoms with Crippen molar-refractivity contribution in [3.8, 4) is 0 Å². The molecule has 1 heterocycles. The maximum atomic E-state index is 13.0. The predicted molar refractivity (Wildman–Crippen MR) is 131 cm³/mol. The fourth-order valence-corrected chi connectivity index (χ4v) is 5.09. The molecule has 4 rings (SSSR count). The van der Waals surface area contributed by atoms with Crippen molar-refractivity contribution in [2.45, 2.75) is 62.9 Å². The largest absolute Gasteiger partial charge is 0.344 e. The van der Waals surface area contributed by atoms with Gasteiger partial charge in [0.15, 0.2) is 0 Å². The van der Waals surface area contributed by atoms with Gasteiger partial charge in [-0.1, -0.05) is 60.7 Å². The molecule has 4 amide bonds. The van der Waals surface area contributed by atoms with Crippen LogP contribution in [0.5, 0.6) is 0 Å². The molecule has 34 heavy (non-hydrogen) atoms. The molecule has 7 heteroatoms. The Labute approximate surface area is 201 Å². The maximum Gasteiger partial charge on any atom is 0.344 e. The minimum Gasteiger partial charge on any atom is -0.322 e. The molecule has 2 aromatic rings. The van der Waals surface area contributed by atoms with Crippen LogP contribution in [0.15, 0.2) is 60.7 Å². The van der Waals surface area contributed by atoms with E-state index in [1.54, 1.807) is 6.92 Å². The van der Waals surface area contributed by atoms with Gasteiger partial charge < -0.3 is 5.32 Å². The molecule has 0 bridgehead atoms. The molecule has 0 radical (unpaired) electrons. The van der Waals surface area contributed by atoms with Crippen molar-refractivity contribution >= 4 is 17.8 Å². The van der Waals surface area contributed by atoms with Gasteiger partial charge >= 0.3 is 6.03 Å². The molecule has 1 aliphatic carbocycles. The van der Waals surface area contributed by atoms with Crippen LogP contribution in [-0.2, 0) is 16.0 Å². The van der Waals surface area contributed by atoms with Gasteiger partial charge in [-0.05, 0) is 69.5 Å². The molecule has 2 aliphatic rings. The first-order valence-electron chi connectivity index (χ1n) is 12.1. The van der Waals surface area contributed by atoms with Crippen molar-refractivity contribution in [3.05, 3.63) is 71.8 Å². The molecule has 1 unspecified atom stereocenters. The molecule has 0 spiro atoms. The van der Waals surface area contributed by atoms with E-state index in [9.17, 15) is 14.4 Å². The number of hydrazine groups is 1. The Bertz CT molecular complexity index is 1010. The molecule has 2 aromatic carbocycles. The lowest BCUT2D eigenvalue weighted by Crippen LogP contribution is -2.52. The lowest BCUT2D eigenvalue weighted by Gasteiger charge is -2.34. The van der Waals surface area contributed by atoms with Gasteiger partial charge in [0.05, 0.1) is 6.54 Å². The molecule has 7 nitrogen and oxygen atoms in total. The molecule has 180 valence electrons. The van der Waals surface area contributed by atoms with Crippen LogP contribution in [0.1, 0.15) is 56.1 Å². The second-order valence-corrected chi connectivity index (χ2v) is 9.75. The van der Waals surface area contributed by atoms with Crippen LogP contribution in [0.4, 0.5) is 4.79 Å². The molecule has 0 aromatic heterocycles. The zero-order valence-corrected chi connectivity index (χ0v) is 20.0. The molecule has 1 saturated heterocycles. The zero-order chi connectivity index (χ0) is 24.1. The first kappa shape index (κ1) is 24.0. The standard InChI is InChI=1S/C27H34N4O3/c1-27(18-17-20-9-5-3-6-10-20)25(33)31(26(34)28-27)29-24(32)19-30(2)23-15-13-22(14-16-23)21-11-7-4-8-12-21/h3-12,22-23H,13-19H2,1-2H3,(H,28,34)(H,29,32). The number of hydrogen-bond acceptors (Lipinski definition) is 4. The third-order valence-corrected chi connectivity index (χ3v) is 7.24. The van der Waals surface area contributed by atoms with Crippen LogP contribution in [0, 0.1) is 0 Å². The number of likely N-dealkylation sites (N-methyl/N-ethyl adjacent to an activating group) is 1. The van der Waals surface area contributed by atoms with Gasteiger partial charge in [0.2, 0.25) is 0 Å². The van der Waals surface area contributed by atoms with E-state index in [0.29, 0.717) is 24.8 Å². The third kappa shape index (κ3) is 5.47. The Morgan fingerprint density at radius 3 is 2.29 bits per heavy atom. The van der Waals surface area contributed by atoms with Crippen LogP contribution < -0.4 is 10.7 Å². The highest BCUT2D eigenvalue weighted by Crippen LogP contribution is 2.34. The summed E-state index contributed by atoms with van der Waals surface area (Å²) in [4.78, 5) is 40.2. The van der Waals surface area contributed by atoms with E-state index in [4.69, 9.17) is 0 Å². The summed E-state index contributed by atoms with van der Waals surface area (Å²) >= 11 is 0. The summed E-state index contributed by atoms with van der Waals surface area (Å²) in [6, 6.07) is 20.1. The number of carbonyl (C=O) groups excluding carboxylic acids is 3. The highest BCUT2D eigenvalue weighted by molar-refractivity contribution is 6.07. The Balaban J connectivity index is 1.26. The number of carbonyl (C=O) groups is 3. The predicted octanol–water partition coefficient (Wildman–Crippen LogP) is 3.62. The number of rotatable bonds is 8. The summed E-state index contributed by atoms with van der Waals surface area (Å²) in [5.41, 5.74) is 3.97. The monoisotopic (exact) mass is 462 g/mol. The van der Waals surface area contributed by atoms with E-state index < -0.39 is 17.5 Å². The van der Waals surface area contributed by atoms with E-state index in [1.165, 1.54) is 5.56 Å². The van der Waals surface area contributed by atoms with Crippen LogP contribution in [0.3, 0.4) is 0 Å². The van der Waals surface area contributed by atoms with Crippen molar-refractivity contribution in [1.29, 1.82) is 0 Å². The van der Waals surface area contributed by atoms with Crippen molar-refractivity contribution in [3.63, 3.8) is 0 Å². The molecule has 1 saturated carbocycles. The molecule has 1 aliphatic heterocycles. The number of imide groups is 1. The summed E-state index contributed by atoms with van der Waals surface area (Å²) in [5.74, 6) is -0.213. The molecular formula is C27H34N4O3. The Morgan fingerprint density at radius 2 is 1.65 bits per heavy atom. The van der Waals surface area contributed by atoms with Gasteiger partial charge in [-0.25, -0.2) is 4.79 Å². The smallest absolute Gasteiger partial charge is 0.322 e. The lowest BCUT2D eigenvalue weighted by molar-refractivity contribution is -0.139. The van der Waals surface area contributed by atoms with Gasteiger partial charge in [-0.15, -0.1) is 0 Å². The number of urea groups is 1. The SMILES string of the molecule is CN(CC(=O)NN1C(=O)NC(C)(CCc2ccccc2)C1=O)C1CCC(c2ccccc2)CC1.